The van der Waals surface area contributed by atoms with E-state index in [0.29, 0.717) is 13.2 Å². The molecule has 0 saturated carbocycles. The predicted molar refractivity (Wildman–Crippen MR) is 76.6 cm³/mol. The molecule has 1 aromatic carbocycles. The number of amides is 1. The average molecular weight is 264 g/mol. The van der Waals surface area contributed by atoms with Crippen LogP contribution < -0.4 is 11.1 Å². The monoisotopic (exact) mass is 264 g/mol. The molecular formula is C15H24N2O2. The molecule has 0 radical (unpaired) electrons. The van der Waals surface area contributed by atoms with Gasteiger partial charge in [-0.15, -0.1) is 0 Å². The van der Waals surface area contributed by atoms with Crippen LogP contribution >= 0.6 is 0 Å². The third kappa shape index (κ3) is 7.59. The van der Waals surface area contributed by atoms with E-state index in [0.717, 1.165) is 13.1 Å². The Morgan fingerprint density at radius 1 is 1.32 bits per heavy atom. The van der Waals surface area contributed by atoms with Gasteiger partial charge in [0.25, 0.3) is 0 Å². The molecule has 0 aliphatic rings. The molecule has 0 aromatic heterocycles. The summed E-state index contributed by atoms with van der Waals surface area (Å²) in [6.45, 7) is 6.99. The number of carbonyl (C=O) groups excluding carboxylic acids is 1. The fourth-order valence-electron chi connectivity index (χ4n) is 1.71. The SMILES string of the molecule is CC(C)(CNCc1ccccc1)COCCC(N)=O. The number of primary amides is 1. The summed E-state index contributed by atoms with van der Waals surface area (Å²) in [5.41, 5.74) is 6.36. The van der Waals surface area contributed by atoms with Gasteiger partial charge >= 0.3 is 0 Å². The first-order valence-electron chi connectivity index (χ1n) is 6.60. The van der Waals surface area contributed by atoms with Crippen molar-refractivity contribution >= 4 is 5.91 Å². The van der Waals surface area contributed by atoms with Crippen molar-refractivity contribution in [1.29, 1.82) is 0 Å². The molecule has 0 aliphatic heterocycles. The van der Waals surface area contributed by atoms with Crippen molar-refractivity contribution in [2.45, 2.75) is 26.8 Å². The lowest BCUT2D eigenvalue weighted by atomic mass is 9.95. The van der Waals surface area contributed by atoms with E-state index in [1.807, 2.05) is 18.2 Å². The van der Waals surface area contributed by atoms with Crippen LogP contribution in [0.3, 0.4) is 0 Å². The molecule has 106 valence electrons. The second kappa shape index (κ2) is 7.92. The van der Waals surface area contributed by atoms with Gasteiger partial charge in [-0.2, -0.15) is 0 Å². The fourth-order valence-corrected chi connectivity index (χ4v) is 1.71. The van der Waals surface area contributed by atoms with Crippen LogP contribution in [0.5, 0.6) is 0 Å². The van der Waals surface area contributed by atoms with Crippen LogP contribution in [0.2, 0.25) is 0 Å². The van der Waals surface area contributed by atoms with Gasteiger partial charge < -0.3 is 15.8 Å². The van der Waals surface area contributed by atoms with Crippen LogP contribution in [0.25, 0.3) is 0 Å². The topological polar surface area (TPSA) is 64.3 Å². The van der Waals surface area contributed by atoms with E-state index < -0.39 is 0 Å². The number of nitrogens with one attached hydrogen (secondary N) is 1. The lowest BCUT2D eigenvalue weighted by molar-refractivity contribution is -0.119. The summed E-state index contributed by atoms with van der Waals surface area (Å²) in [6.07, 6.45) is 0.285. The molecule has 0 bridgehead atoms. The maximum absolute atomic E-state index is 10.6. The number of hydrogen-bond acceptors (Lipinski definition) is 3. The molecule has 1 amide bonds. The van der Waals surface area contributed by atoms with Gasteiger partial charge in [-0.3, -0.25) is 4.79 Å². The van der Waals surface area contributed by atoms with Crippen LogP contribution in [0.1, 0.15) is 25.8 Å². The molecule has 0 heterocycles. The molecule has 0 spiro atoms. The molecule has 3 N–H and O–H groups in total. The fraction of sp³-hybridized carbons (Fsp3) is 0.533. The van der Waals surface area contributed by atoms with Gasteiger partial charge in [0.2, 0.25) is 5.91 Å². The smallest absolute Gasteiger partial charge is 0.219 e. The highest BCUT2D eigenvalue weighted by molar-refractivity contribution is 5.73. The first kappa shape index (κ1) is 15.7. The molecule has 0 aliphatic carbocycles. The summed E-state index contributed by atoms with van der Waals surface area (Å²) in [7, 11) is 0. The van der Waals surface area contributed by atoms with Crippen LogP contribution in [-0.2, 0) is 16.1 Å². The highest BCUT2D eigenvalue weighted by atomic mass is 16.5. The zero-order valence-corrected chi connectivity index (χ0v) is 11.8. The predicted octanol–water partition coefficient (Wildman–Crippen LogP) is 1.69. The van der Waals surface area contributed by atoms with Gasteiger partial charge in [0.05, 0.1) is 13.2 Å². The maximum atomic E-state index is 10.6. The maximum Gasteiger partial charge on any atom is 0.219 e. The average Bonchev–Trinajstić information content (AvgIpc) is 2.36. The van der Waals surface area contributed by atoms with Crippen LogP contribution in [0.15, 0.2) is 30.3 Å². The number of ether oxygens (including phenoxy) is 1. The highest BCUT2D eigenvalue weighted by Crippen LogP contribution is 2.14. The second-order valence-corrected chi connectivity index (χ2v) is 5.52. The molecular weight excluding hydrogens is 240 g/mol. The van der Waals surface area contributed by atoms with Crippen LogP contribution in [0.4, 0.5) is 0 Å². The van der Waals surface area contributed by atoms with Crippen molar-refractivity contribution < 1.29 is 9.53 Å². The van der Waals surface area contributed by atoms with E-state index in [2.05, 4.69) is 31.3 Å². The molecule has 4 nitrogen and oxygen atoms in total. The van der Waals surface area contributed by atoms with Gasteiger partial charge in [0.15, 0.2) is 0 Å². The third-order valence-corrected chi connectivity index (χ3v) is 2.76. The molecule has 1 aromatic rings. The van der Waals surface area contributed by atoms with Gasteiger partial charge in [0.1, 0.15) is 0 Å². The van der Waals surface area contributed by atoms with Gasteiger partial charge in [0, 0.05) is 24.9 Å². The lowest BCUT2D eigenvalue weighted by Crippen LogP contribution is -2.33. The van der Waals surface area contributed by atoms with E-state index in [9.17, 15) is 4.79 Å². The minimum atomic E-state index is -0.319. The van der Waals surface area contributed by atoms with E-state index >= 15 is 0 Å². The van der Waals surface area contributed by atoms with E-state index in [4.69, 9.17) is 10.5 Å². The quantitative estimate of drug-likeness (QED) is 0.667. The van der Waals surface area contributed by atoms with Crippen molar-refractivity contribution in [3.8, 4) is 0 Å². The van der Waals surface area contributed by atoms with Crippen LogP contribution in [-0.4, -0.2) is 25.7 Å². The Balaban J connectivity index is 2.17. The Bertz CT molecular complexity index is 377. The summed E-state index contributed by atoms with van der Waals surface area (Å²) in [5.74, 6) is -0.319. The van der Waals surface area contributed by atoms with Crippen molar-refractivity contribution in [2.24, 2.45) is 11.1 Å². The van der Waals surface area contributed by atoms with Gasteiger partial charge in [-0.1, -0.05) is 44.2 Å². The number of carbonyl (C=O) groups is 1. The van der Waals surface area contributed by atoms with Gasteiger partial charge in [-0.25, -0.2) is 0 Å². The Morgan fingerprint density at radius 3 is 2.63 bits per heavy atom. The largest absolute Gasteiger partial charge is 0.380 e. The van der Waals surface area contributed by atoms with Crippen molar-refractivity contribution in [2.75, 3.05) is 19.8 Å². The summed E-state index contributed by atoms with van der Waals surface area (Å²) >= 11 is 0. The summed E-state index contributed by atoms with van der Waals surface area (Å²) < 4.78 is 5.47. The highest BCUT2D eigenvalue weighted by Gasteiger charge is 2.17. The number of rotatable bonds is 9. The lowest BCUT2D eigenvalue weighted by Gasteiger charge is -2.24. The molecule has 1 rings (SSSR count). The van der Waals surface area contributed by atoms with Crippen molar-refractivity contribution in [1.82, 2.24) is 5.32 Å². The number of nitrogens with two attached hydrogens (primary N) is 1. The van der Waals surface area contributed by atoms with E-state index in [-0.39, 0.29) is 17.7 Å². The summed E-state index contributed by atoms with van der Waals surface area (Å²) in [5, 5.41) is 3.42. The zero-order valence-electron chi connectivity index (χ0n) is 11.8. The molecule has 0 unspecified atom stereocenters. The molecule has 0 atom stereocenters. The summed E-state index contributed by atoms with van der Waals surface area (Å²) in [6, 6.07) is 10.3. The molecule has 0 fully saturated rings. The minimum Gasteiger partial charge on any atom is -0.380 e. The second-order valence-electron chi connectivity index (χ2n) is 5.52. The Kier molecular flexibility index (Phi) is 6.53. The van der Waals surface area contributed by atoms with E-state index in [1.54, 1.807) is 0 Å². The van der Waals surface area contributed by atoms with E-state index in [1.165, 1.54) is 5.56 Å². The first-order valence-corrected chi connectivity index (χ1v) is 6.60. The standard InChI is InChI=1S/C15H24N2O2/c1-15(2,12-19-9-8-14(16)18)11-17-10-13-6-4-3-5-7-13/h3-7,17H,8-12H2,1-2H3,(H2,16,18). The van der Waals surface area contributed by atoms with Crippen molar-refractivity contribution in [3.63, 3.8) is 0 Å². The van der Waals surface area contributed by atoms with Crippen molar-refractivity contribution in [3.05, 3.63) is 35.9 Å². The minimum absolute atomic E-state index is 0.0342. The van der Waals surface area contributed by atoms with Crippen LogP contribution in [0, 0.1) is 5.41 Å². The summed E-state index contributed by atoms with van der Waals surface area (Å²) in [4.78, 5) is 10.6. The number of hydrogen-bond donors (Lipinski definition) is 2. The Morgan fingerprint density at radius 2 is 2.00 bits per heavy atom. The molecule has 4 heteroatoms. The Hall–Kier alpha value is -1.39. The number of benzene rings is 1. The first-order chi connectivity index (χ1) is 8.99. The third-order valence-electron chi connectivity index (χ3n) is 2.76. The Labute approximate surface area is 115 Å². The normalized spacial score (nSPS) is 11.5. The zero-order chi connectivity index (χ0) is 14.1. The molecule has 19 heavy (non-hydrogen) atoms. The molecule has 0 saturated heterocycles. The van der Waals surface area contributed by atoms with Gasteiger partial charge in [-0.05, 0) is 5.56 Å².